The van der Waals surface area contributed by atoms with Crippen LogP contribution in [0.25, 0.3) is 0 Å². The summed E-state index contributed by atoms with van der Waals surface area (Å²) in [6, 6.07) is 3.41. The third-order valence-electron chi connectivity index (χ3n) is 2.89. The highest BCUT2D eigenvalue weighted by molar-refractivity contribution is 7.89. The standard InChI is InChI=1S/C13H9F6NO2S2/c14-12(15,16)8-4-9(13(17,18)19)6-11(5-8)24(21,22)20-7-10-2-1-3-23-10/h1-6,20H,7H2. The van der Waals surface area contributed by atoms with Crippen molar-refractivity contribution in [1.82, 2.24) is 4.72 Å². The zero-order chi connectivity index (χ0) is 18.2. The number of hydrogen-bond donors (Lipinski definition) is 1. The molecule has 0 atom stereocenters. The predicted molar refractivity (Wildman–Crippen MR) is 74.8 cm³/mol. The molecular weight excluding hydrogens is 380 g/mol. The van der Waals surface area contributed by atoms with Crippen molar-refractivity contribution >= 4 is 21.4 Å². The summed E-state index contributed by atoms with van der Waals surface area (Å²) in [5.41, 5.74) is -3.37. The van der Waals surface area contributed by atoms with Crippen LogP contribution in [0.2, 0.25) is 0 Å². The van der Waals surface area contributed by atoms with E-state index in [0.29, 0.717) is 4.88 Å². The average molecular weight is 389 g/mol. The molecule has 0 fully saturated rings. The van der Waals surface area contributed by atoms with E-state index in [1.54, 1.807) is 17.5 Å². The highest BCUT2D eigenvalue weighted by Gasteiger charge is 2.38. The van der Waals surface area contributed by atoms with Crippen LogP contribution in [0.15, 0.2) is 40.6 Å². The smallest absolute Gasteiger partial charge is 0.207 e. The molecule has 0 aliphatic rings. The Hall–Kier alpha value is -1.59. The summed E-state index contributed by atoms with van der Waals surface area (Å²) >= 11 is 1.19. The van der Waals surface area contributed by atoms with Crippen LogP contribution >= 0.6 is 11.3 Å². The summed E-state index contributed by atoms with van der Waals surface area (Å²) in [4.78, 5) is -0.539. The van der Waals surface area contributed by atoms with Gasteiger partial charge in [-0.05, 0) is 29.6 Å². The molecular formula is C13H9F6NO2S2. The van der Waals surface area contributed by atoms with E-state index < -0.39 is 38.4 Å². The first-order chi connectivity index (χ1) is 10.9. The molecule has 1 N–H and O–H groups in total. The van der Waals surface area contributed by atoms with Gasteiger partial charge >= 0.3 is 12.4 Å². The zero-order valence-corrected chi connectivity index (χ0v) is 13.2. The normalized spacial score (nSPS) is 13.2. The Morgan fingerprint density at radius 3 is 1.92 bits per heavy atom. The summed E-state index contributed by atoms with van der Waals surface area (Å²) in [6.07, 6.45) is -10.2. The molecule has 2 rings (SSSR count). The second kappa shape index (κ2) is 6.37. The fraction of sp³-hybridized carbons (Fsp3) is 0.231. The lowest BCUT2D eigenvalue weighted by Crippen LogP contribution is -2.24. The summed E-state index contributed by atoms with van der Waals surface area (Å²) in [6.45, 7) is -0.238. The summed E-state index contributed by atoms with van der Waals surface area (Å²) in [7, 11) is -4.55. The van der Waals surface area contributed by atoms with Gasteiger partial charge in [0.1, 0.15) is 0 Å². The van der Waals surface area contributed by atoms with E-state index >= 15 is 0 Å². The molecule has 0 spiro atoms. The zero-order valence-electron chi connectivity index (χ0n) is 11.6. The molecule has 0 unspecified atom stereocenters. The highest BCUT2D eigenvalue weighted by Crippen LogP contribution is 2.37. The topological polar surface area (TPSA) is 46.2 Å². The number of thiophene rings is 1. The number of hydrogen-bond acceptors (Lipinski definition) is 3. The van der Waals surface area contributed by atoms with Gasteiger partial charge in [0, 0.05) is 11.4 Å². The minimum Gasteiger partial charge on any atom is -0.207 e. The van der Waals surface area contributed by atoms with Crippen LogP contribution in [0.5, 0.6) is 0 Å². The lowest BCUT2D eigenvalue weighted by atomic mass is 10.1. The molecule has 11 heteroatoms. The maximum absolute atomic E-state index is 12.8. The van der Waals surface area contributed by atoms with Gasteiger partial charge in [0.15, 0.2) is 0 Å². The summed E-state index contributed by atoms with van der Waals surface area (Å²) < 4.78 is 103. The monoisotopic (exact) mass is 389 g/mol. The Morgan fingerprint density at radius 1 is 0.958 bits per heavy atom. The van der Waals surface area contributed by atoms with Crippen molar-refractivity contribution in [3.05, 3.63) is 51.7 Å². The van der Waals surface area contributed by atoms with Gasteiger partial charge in [-0.3, -0.25) is 0 Å². The maximum atomic E-state index is 12.8. The van der Waals surface area contributed by atoms with E-state index in [4.69, 9.17) is 0 Å². The SMILES string of the molecule is O=S(=O)(NCc1cccs1)c1cc(C(F)(F)F)cc(C(F)(F)F)c1. The molecule has 132 valence electrons. The molecule has 0 saturated carbocycles. The fourth-order valence-electron chi connectivity index (χ4n) is 1.74. The first kappa shape index (κ1) is 18.7. The van der Waals surface area contributed by atoms with Gasteiger partial charge in [0.05, 0.1) is 16.0 Å². The van der Waals surface area contributed by atoms with Gasteiger partial charge in [-0.25, -0.2) is 13.1 Å². The molecule has 1 aromatic carbocycles. The quantitative estimate of drug-likeness (QED) is 0.794. The number of alkyl halides is 6. The van der Waals surface area contributed by atoms with Crippen molar-refractivity contribution in [2.45, 2.75) is 23.8 Å². The van der Waals surface area contributed by atoms with Gasteiger partial charge in [0.2, 0.25) is 10.0 Å². The number of sulfonamides is 1. The lowest BCUT2D eigenvalue weighted by Gasteiger charge is -2.14. The third kappa shape index (κ3) is 4.48. The van der Waals surface area contributed by atoms with Gasteiger partial charge in [-0.2, -0.15) is 26.3 Å². The first-order valence-corrected chi connectivity index (χ1v) is 8.57. The largest absolute Gasteiger partial charge is 0.416 e. The molecule has 0 bridgehead atoms. The van der Waals surface area contributed by atoms with Gasteiger partial charge in [0.25, 0.3) is 0 Å². The second-order valence-corrected chi connectivity index (χ2v) is 7.44. The summed E-state index contributed by atoms with van der Waals surface area (Å²) in [5.74, 6) is 0. The van der Waals surface area contributed by atoms with E-state index in [-0.39, 0.29) is 24.7 Å². The Labute approximate surface area is 137 Å². The average Bonchev–Trinajstić information content (AvgIpc) is 2.96. The van der Waals surface area contributed by atoms with Crippen LogP contribution in [-0.4, -0.2) is 8.42 Å². The Balaban J connectivity index is 2.44. The molecule has 1 aromatic heterocycles. The molecule has 1 heterocycles. The molecule has 2 aromatic rings. The van der Waals surface area contributed by atoms with Gasteiger partial charge in [-0.1, -0.05) is 6.07 Å². The van der Waals surface area contributed by atoms with Gasteiger partial charge < -0.3 is 0 Å². The molecule has 0 radical (unpaired) electrons. The summed E-state index contributed by atoms with van der Waals surface area (Å²) in [5, 5.41) is 1.65. The Kier molecular flexibility index (Phi) is 4.98. The third-order valence-corrected chi connectivity index (χ3v) is 5.15. The van der Waals surface area contributed by atoms with E-state index in [0.717, 1.165) is 0 Å². The van der Waals surface area contributed by atoms with Crippen LogP contribution < -0.4 is 4.72 Å². The highest BCUT2D eigenvalue weighted by atomic mass is 32.2. The van der Waals surface area contributed by atoms with E-state index in [2.05, 4.69) is 0 Å². The predicted octanol–water partition coefficient (Wildman–Crippen LogP) is 4.26. The molecule has 0 aliphatic heterocycles. The number of nitrogens with one attached hydrogen (secondary N) is 1. The number of halogens is 6. The fourth-order valence-corrected chi connectivity index (χ4v) is 3.56. The minimum absolute atomic E-state index is 0.127. The lowest BCUT2D eigenvalue weighted by molar-refractivity contribution is -0.143. The molecule has 24 heavy (non-hydrogen) atoms. The van der Waals surface area contributed by atoms with E-state index in [9.17, 15) is 34.8 Å². The van der Waals surface area contributed by atoms with Crippen LogP contribution in [-0.2, 0) is 28.9 Å². The van der Waals surface area contributed by atoms with Crippen molar-refractivity contribution in [3.63, 3.8) is 0 Å². The van der Waals surface area contributed by atoms with Crippen LogP contribution in [0, 0.1) is 0 Å². The van der Waals surface area contributed by atoms with Crippen LogP contribution in [0.1, 0.15) is 16.0 Å². The van der Waals surface area contributed by atoms with Crippen molar-refractivity contribution in [2.24, 2.45) is 0 Å². The van der Waals surface area contributed by atoms with Crippen LogP contribution in [0.3, 0.4) is 0 Å². The number of benzene rings is 1. The molecule has 0 saturated heterocycles. The van der Waals surface area contributed by atoms with E-state index in [1.165, 1.54) is 11.3 Å². The minimum atomic E-state index is -5.11. The van der Waals surface area contributed by atoms with Gasteiger partial charge in [-0.15, -0.1) is 11.3 Å². The number of rotatable bonds is 4. The second-order valence-electron chi connectivity index (χ2n) is 4.65. The van der Waals surface area contributed by atoms with Crippen LogP contribution in [0.4, 0.5) is 26.3 Å². The van der Waals surface area contributed by atoms with Crippen molar-refractivity contribution < 1.29 is 34.8 Å². The molecule has 0 amide bonds. The van der Waals surface area contributed by atoms with E-state index in [1.807, 2.05) is 4.72 Å². The Bertz CT molecular complexity index is 778. The van der Waals surface area contributed by atoms with Crippen molar-refractivity contribution in [1.29, 1.82) is 0 Å². The Morgan fingerprint density at radius 2 is 1.50 bits per heavy atom. The van der Waals surface area contributed by atoms with Crippen molar-refractivity contribution in [3.8, 4) is 0 Å². The molecule has 0 aliphatic carbocycles. The maximum Gasteiger partial charge on any atom is 0.416 e. The first-order valence-electron chi connectivity index (χ1n) is 6.21. The molecule has 3 nitrogen and oxygen atoms in total. The van der Waals surface area contributed by atoms with Crippen molar-refractivity contribution in [2.75, 3.05) is 0 Å².